The second-order valence-corrected chi connectivity index (χ2v) is 4.78. The third-order valence-corrected chi connectivity index (χ3v) is 3.30. The molecule has 1 aromatic rings. The molecule has 1 aliphatic heterocycles. The molecular weight excluding hydrogens is 246 g/mol. The van der Waals surface area contributed by atoms with E-state index in [0.29, 0.717) is 11.6 Å². The Bertz CT molecular complexity index is 473. The second-order valence-electron chi connectivity index (χ2n) is 4.78. The first kappa shape index (κ1) is 13.5. The van der Waals surface area contributed by atoms with Crippen LogP contribution in [0.3, 0.4) is 0 Å². The van der Waals surface area contributed by atoms with Gasteiger partial charge < -0.3 is 15.7 Å². The summed E-state index contributed by atoms with van der Waals surface area (Å²) in [5.41, 5.74) is 0.469. The van der Waals surface area contributed by atoms with E-state index in [-0.39, 0.29) is 17.6 Å². The fraction of sp³-hybridized carbons (Fsp3) is 0.462. The van der Waals surface area contributed by atoms with Crippen LogP contribution in [0.5, 0.6) is 0 Å². The van der Waals surface area contributed by atoms with Gasteiger partial charge in [0.2, 0.25) is 5.91 Å². The lowest BCUT2D eigenvalue weighted by atomic mass is 9.92. The van der Waals surface area contributed by atoms with Gasteiger partial charge in [-0.2, -0.15) is 0 Å². The molecule has 102 valence electrons. The van der Waals surface area contributed by atoms with Crippen molar-refractivity contribution in [1.82, 2.24) is 10.3 Å². The second kappa shape index (κ2) is 5.79. The van der Waals surface area contributed by atoms with Crippen LogP contribution in [-0.4, -0.2) is 34.6 Å². The summed E-state index contributed by atoms with van der Waals surface area (Å²) in [5.74, 6) is -0.891. The number of carbonyl (C=O) groups is 2. The molecule has 2 rings (SSSR count). The molecule has 6 nitrogen and oxygen atoms in total. The molecule has 1 aromatic heterocycles. The van der Waals surface area contributed by atoms with Gasteiger partial charge in [-0.25, -0.2) is 9.78 Å². The molecule has 2 heterocycles. The Morgan fingerprint density at radius 2 is 2.26 bits per heavy atom. The van der Waals surface area contributed by atoms with E-state index in [0.717, 1.165) is 19.4 Å². The largest absolute Gasteiger partial charge is 0.477 e. The van der Waals surface area contributed by atoms with Gasteiger partial charge in [-0.15, -0.1) is 0 Å². The highest BCUT2D eigenvalue weighted by atomic mass is 16.4. The van der Waals surface area contributed by atoms with Gasteiger partial charge in [0.05, 0.1) is 17.9 Å². The maximum absolute atomic E-state index is 12.1. The minimum atomic E-state index is -1.08. The van der Waals surface area contributed by atoms with Crippen molar-refractivity contribution in [2.45, 2.75) is 25.8 Å². The van der Waals surface area contributed by atoms with E-state index < -0.39 is 5.97 Å². The Hall–Kier alpha value is -1.95. The van der Waals surface area contributed by atoms with Crippen LogP contribution in [0, 0.1) is 5.92 Å². The molecule has 0 spiro atoms. The number of carbonyl (C=O) groups excluding carboxylic acids is 1. The van der Waals surface area contributed by atoms with Gasteiger partial charge in [0, 0.05) is 0 Å². The number of nitrogens with zero attached hydrogens (tertiary/aromatic N) is 1. The summed E-state index contributed by atoms with van der Waals surface area (Å²) < 4.78 is 0. The number of aromatic nitrogens is 1. The Morgan fingerprint density at radius 3 is 2.84 bits per heavy atom. The average molecular weight is 263 g/mol. The molecule has 1 aliphatic rings. The minimum absolute atomic E-state index is 0.0397. The Morgan fingerprint density at radius 1 is 1.47 bits per heavy atom. The highest BCUT2D eigenvalue weighted by molar-refractivity contribution is 5.95. The van der Waals surface area contributed by atoms with Crippen LogP contribution in [0.15, 0.2) is 18.3 Å². The summed E-state index contributed by atoms with van der Waals surface area (Å²) in [6.45, 7) is 2.89. The summed E-state index contributed by atoms with van der Waals surface area (Å²) >= 11 is 0. The van der Waals surface area contributed by atoms with Gasteiger partial charge in [0.25, 0.3) is 0 Å². The molecule has 1 fully saturated rings. The summed E-state index contributed by atoms with van der Waals surface area (Å²) in [6.07, 6.45) is 3.47. The lowest BCUT2D eigenvalue weighted by molar-refractivity contribution is -0.119. The van der Waals surface area contributed by atoms with Crippen molar-refractivity contribution in [2.24, 2.45) is 5.92 Å². The zero-order valence-electron chi connectivity index (χ0n) is 10.7. The third kappa shape index (κ3) is 3.29. The molecule has 0 radical (unpaired) electrons. The number of rotatable bonds is 3. The van der Waals surface area contributed by atoms with Crippen molar-refractivity contribution < 1.29 is 14.7 Å². The molecule has 1 saturated heterocycles. The van der Waals surface area contributed by atoms with Crippen molar-refractivity contribution in [3.8, 4) is 0 Å². The summed E-state index contributed by atoms with van der Waals surface area (Å²) in [5, 5.41) is 14.7. The third-order valence-electron chi connectivity index (χ3n) is 3.30. The molecule has 2 unspecified atom stereocenters. The fourth-order valence-electron chi connectivity index (χ4n) is 2.21. The highest BCUT2D eigenvalue weighted by Crippen LogP contribution is 2.17. The number of anilines is 1. The predicted molar refractivity (Wildman–Crippen MR) is 70.0 cm³/mol. The van der Waals surface area contributed by atoms with E-state index in [4.69, 9.17) is 5.11 Å². The fourth-order valence-corrected chi connectivity index (χ4v) is 2.21. The molecule has 0 saturated carbocycles. The Balaban J connectivity index is 2.00. The number of hydrogen-bond donors (Lipinski definition) is 3. The van der Waals surface area contributed by atoms with E-state index in [9.17, 15) is 9.59 Å². The minimum Gasteiger partial charge on any atom is -0.477 e. The molecule has 1 amide bonds. The lowest BCUT2D eigenvalue weighted by Crippen LogP contribution is -2.48. The zero-order chi connectivity index (χ0) is 13.8. The first-order valence-corrected chi connectivity index (χ1v) is 6.31. The Kier molecular flexibility index (Phi) is 4.11. The first-order valence-electron chi connectivity index (χ1n) is 6.31. The van der Waals surface area contributed by atoms with Crippen molar-refractivity contribution >= 4 is 17.6 Å². The van der Waals surface area contributed by atoms with Crippen LogP contribution in [0.25, 0.3) is 0 Å². The van der Waals surface area contributed by atoms with E-state index in [1.54, 1.807) is 6.07 Å². The number of nitrogens with one attached hydrogen (secondary N) is 2. The van der Waals surface area contributed by atoms with Crippen LogP contribution in [0.4, 0.5) is 5.69 Å². The van der Waals surface area contributed by atoms with Crippen LogP contribution < -0.4 is 10.6 Å². The highest BCUT2D eigenvalue weighted by Gasteiger charge is 2.27. The topological polar surface area (TPSA) is 91.3 Å². The van der Waals surface area contributed by atoms with Gasteiger partial charge in [-0.1, -0.05) is 6.92 Å². The molecule has 0 bridgehead atoms. The van der Waals surface area contributed by atoms with Crippen LogP contribution in [-0.2, 0) is 4.79 Å². The van der Waals surface area contributed by atoms with Crippen molar-refractivity contribution in [1.29, 1.82) is 0 Å². The Labute approximate surface area is 111 Å². The SMILES string of the molecule is CC1CCCNC1C(=O)Nc1ccc(C(=O)O)nc1. The molecular formula is C13H17N3O3. The number of aromatic carboxylic acids is 1. The smallest absolute Gasteiger partial charge is 0.354 e. The monoisotopic (exact) mass is 263 g/mol. The van der Waals surface area contributed by atoms with Crippen LogP contribution in [0.2, 0.25) is 0 Å². The quantitative estimate of drug-likeness (QED) is 0.759. The molecule has 2 atom stereocenters. The van der Waals surface area contributed by atoms with Crippen molar-refractivity contribution in [2.75, 3.05) is 11.9 Å². The van der Waals surface area contributed by atoms with Gasteiger partial charge in [0.15, 0.2) is 0 Å². The van der Waals surface area contributed by atoms with Gasteiger partial charge in [-0.05, 0) is 37.4 Å². The molecule has 19 heavy (non-hydrogen) atoms. The normalized spacial score (nSPS) is 22.8. The number of hydrogen-bond acceptors (Lipinski definition) is 4. The first-order chi connectivity index (χ1) is 9.08. The standard InChI is InChI=1S/C13H17N3O3/c1-8-3-2-6-14-11(8)12(17)16-9-4-5-10(13(18)19)15-7-9/h4-5,7-8,11,14H,2-3,6H2,1H3,(H,16,17)(H,18,19). The molecule has 0 aliphatic carbocycles. The van der Waals surface area contributed by atoms with Gasteiger partial charge >= 0.3 is 5.97 Å². The van der Waals surface area contributed by atoms with Crippen LogP contribution in [0.1, 0.15) is 30.3 Å². The van der Waals surface area contributed by atoms with Gasteiger partial charge in [0.1, 0.15) is 5.69 Å². The number of amides is 1. The van der Waals surface area contributed by atoms with E-state index in [1.165, 1.54) is 12.3 Å². The molecule has 6 heteroatoms. The van der Waals surface area contributed by atoms with E-state index in [1.807, 2.05) is 6.92 Å². The maximum Gasteiger partial charge on any atom is 0.354 e. The lowest BCUT2D eigenvalue weighted by Gasteiger charge is -2.28. The summed E-state index contributed by atoms with van der Waals surface area (Å²) in [7, 11) is 0. The van der Waals surface area contributed by atoms with E-state index >= 15 is 0 Å². The van der Waals surface area contributed by atoms with Crippen molar-refractivity contribution in [3.63, 3.8) is 0 Å². The van der Waals surface area contributed by atoms with Crippen LogP contribution >= 0.6 is 0 Å². The molecule has 0 aromatic carbocycles. The number of carboxylic acids is 1. The van der Waals surface area contributed by atoms with Crippen molar-refractivity contribution in [3.05, 3.63) is 24.0 Å². The number of pyridine rings is 1. The number of carboxylic acid groups (broad SMARTS) is 1. The number of piperidine rings is 1. The van der Waals surface area contributed by atoms with Gasteiger partial charge in [-0.3, -0.25) is 4.79 Å². The zero-order valence-corrected chi connectivity index (χ0v) is 10.7. The summed E-state index contributed by atoms with van der Waals surface area (Å²) in [6, 6.07) is 2.71. The average Bonchev–Trinajstić information content (AvgIpc) is 2.39. The summed E-state index contributed by atoms with van der Waals surface area (Å²) in [4.78, 5) is 26.5. The maximum atomic E-state index is 12.1. The van der Waals surface area contributed by atoms with E-state index in [2.05, 4.69) is 15.6 Å². The molecule has 3 N–H and O–H groups in total. The predicted octanol–water partition coefficient (Wildman–Crippen LogP) is 1.11.